The van der Waals surface area contributed by atoms with Crippen LogP contribution in [0, 0.1) is 5.92 Å². The van der Waals surface area contributed by atoms with Crippen LogP contribution in [0.1, 0.15) is 29.0 Å². The smallest absolute Gasteiger partial charge is 0.290 e. The van der Waals surface area contributed by atoms with Gasteiger partial charge in [0.1, 0.15) is 5.58 Å². The minimum Gasteiger partial charge on any atom is -0.451 e. The fourth-order valence-corrected chi connectivity index (χ4v) is 3.34. The third kappa shape index (κ3) is 1.68. The van der Waals surface area contributed by atoms with Crippen LogP contribution >= 0.6 is 0 Å². The summed E-state index contributed by atoms with van der Waals surface area (Å²) < 4.78 is 11.1. The molecule has 0 radical (unpaired) electrons. The van der Waals surface area contributed by atoms with Crippen molar-refractivity contribution in [3.05, 3.63) is 35.6 Å². The molecule has 1 saturated heterocycles. The van der Waals surface area contributed by atoms with Gasteiger partial charge in [0.2, 0.25) is 0 Å². The highest BCUT2D eigenvalue weighted by molar-refractivity contribution is 5.99. The molecule has 2 fully saturated rings. The maximum Gasteiger partial charge on any atom is 0.290 e. The monoisotopic (exact) mass is 271 g/mol. The van der Waals surface area contributed by atoms with Crippen LogP contribution in [-0.2, 0) is 11.3 Å². The van der Waals surface area contributed by atoms with Gasteiger partial charge in [-0.1, -0.05) is 18.2 Å². The first-order valence-electron chi connectivity index (χ1n) is 7.10. The standard InChI is InChI=1S/C16H17NO3/c1-19-9-12-11-4-2-3-5-14(11)20-15(12)16(18)17-7-6-10-8-13(10)17/h2-5,10,13H,6-9H2,1H3. The molecule has 0 bridgehead atoms. The molecule has 1 aliphatic heterocycles. The van der Waals surface area contributed by atoms with Gasteiger partial charge in [-0.15, -0.1) is 0 Å². The lowest BCUT2D eigenvalue weighted by atomic mass is 10.1. The summed E-state index contributed by atoms with van der Waals surface area (Å²) in [7, 11) is 1.64. The first-order valence-corrected chi connectivity index (χ1v) is 7.10. The van der Waals surface area contributed by atoms with Gasteiger partial charge in [0.15, 0.2) is 5.76 Å². The Hall–Kier alpha value is -1.81. The summed E-state index contributed by atoms with van der Waals surface area (Å²) in [6, 6.07) is 8.20. The second kappa shape index (κ2) is 4.35. The summed E-state index contributed by atoms with van der Waals surface area (Å²) in [4.78, 5) is 14.7. The van der Waals surface area contributed by atoms with Crippen LogP contribution in [-0.4, -0.2) is 30.5 Å². The highest BCUT2D eigenvalue weighted by Gasteiger charge is 2.49. The third-order valence-corrected chi connectivity index (χ3v) is 4.47. The summed E-state index contributed by atoms with van der Waals surface area (Å²) in [5.41, 5.74) is 1.63. The van der Waals surface area contributed by atoms with E-state index in [0.717, 1.165) is 41.8 Å². The Bertz CT molecular complexity index is 675. The van der Waals surface area contributed by atoms with E-state index in [2.05, 4.69) is 0 Å². The van der Waals surface area contributed by atoms with Gasteiger partial charge < -0.3 is 14.1 Å². The molecule has 1 aromatic heterocycles. The number of likely N-dealkylation sites (tertiary alicyclic amines) is 1. The molecular weight excluding hydrogens is 254 g/mol. The van der Waals surface area contributed by atoms with Crippen molar-refractivity contribution in [1.29, 1.82) is 0 Å². The molecule has 20 heavy (non-hydrogen) atoms. The Morgan fingerprint density at radius 1 is 1.45 bits per heavy atom. The lowest BCUT2D eigenvalue weighted by Crippen LogP contribution is -2.31. The number of nitrogens with zero attached hydrogens (tertiary/aromatic N) is 1. The SMILES string of the molecule is COCc1c(C(=O)N2CCC3CC32)oc2ccccc12. The molecule has 2 aromatic rings. The molecule has 1 saturated carbocycles. The first kappa shape index (κ1) is 12.0. The van der Waals surface area contributed by atoms with Gasteiger partial charge in [-0.25, -0.2) is 0 Å². The molecule has 0 spiro atoms. The molecule has 4 heteroatoms. The number of ether oxygens (including phenoxy) is 1. The summed E-state index contributed by atoms with van der Waals surface area (Å²) in [6.45, 7) is 1.26. The Morgan fingerprint density at radius 2 is 2.30 bits per heavy atom. The Balaban J connectivity index is 1.77. The maximum atomic E-state index is 12.7. The van der Waals surface area contributed by atoms with Gasteiger partial charge in [-0.3, -0.25) is 4.79 Å². The van der Waals surface area contributed by atoms with Crippen molar-refractivity contribution in [3.63, 3.8) is 0 Å². The van der Waals surface area contributed by atoms with Gasteiger partial charge in [-0.2, -0.15) is 0 Å². The summed E-state index contributed by atoms with van der Waals surface area (Å²) in [6.07, 6.45) is 2.29. The average Bonchev–Trinajstić information content (AvgIpc) is 2.98. The van der Waals surface area contributed by atoms with Crippen LogP contribution in [0.15, 0.2) is 28.7 Å². The van der Waals surface area contributed by atoms with Crippen LogP contribution in [0.25, 0.3) is 11.0 Å². The quantitative estimate of drug-likeness (QED) is 0.862. The molecule has 2 aliphatic rings. The molecule has 4 nitrogen and oxygen atoms in total. The van der Waals surface area contributed by atoms with Crippen LogP contribution < -0.4 is 0 Å². The normalized spacial score (nSPS) is 24.1. The van der Waals surface area contributed by atoms with E-state index in [9.17, 15) is 4.79 Å². The van der Waals surface area contributed by atoms with E-state index in [-0.39, 0.29) is 5.91 Å². The van der Waals surface area contributed by atoms with E-state index in [1.807, 2.05) is 29.2 Å². The molecule has 0 N–H and O–H groups in total. The number of methoxy groups -OCH3 is 1. The van der Waals surface area contributed by atoms with Crippen molar-refractivity contribution in [2.24, 2.45) is 5.92 Å². The van der Waals surface area contributed by atoms with Gasteiger partial charge in [0.25, 0.3) is 5.91 Å². The number of amides is 1. The summed E-state index contributed by atoms with van der Waals surface area (Å²) >= 11 is 0. The second-order valence-corrected chi connectivity index (χ2v) is 5.69. The average molecular weight is 271 g/mol. The van der Waals surface area contributed by atoms with Crippen molar-refractivity contribution in [1.82, 2.24) is 4.90 Å². The number of piperidine rings is 1. The van der Waals surface area contributed by atoms with Gasteiger partial charge in [0.05, 0.1) is 6.61 Å². The predicted molar refractivity (Wildman–Crippen MR) is 74.5 cm³/mol. The van der Waals surface area contributed by atoms with Gasteiger partial charge >= 0.3 is 0 Å². The Morgan fingerprint density at radius 3 is 3.00 bits per heavy atom. The van der Waals surface area contributed by atoms with E-state index in [1.54, 1.807) is 7.11 Å². The van der Waals surface area contributed by atoms with E-state index in [0.29, 0.717) is 18.4 Å². The Kier molecular flexibility index (Phi) is 2.60. The number of furan rings is 1. The van der Waals surface area contributed by atoms with E-state index in [4.69, 9.17) is 9.15 Å². The Labute approximate surface area is 117 Å². The molecule has 2 unspecified atom stereocenters. The van der Waals surface area contributed by atoms with E-state index >= 15 is 0 Å². The highest BCUT2D eigenvalue weighted by atomic mass is 16.5. The fraction of sp³-hybridized carbons (Fsp3) is 0.438. The van der Waals surface area contributed by atoms with Crippen molar-refractivity contribution in [2.75, 3.05) is 13.7 Å². The van der Waals surface area contributed by atoms with Crippen LogP contribution in [0.3, 0.4) is 0 Å². The van der Waals surface area contributed by atoms with E-state index in [1.165, 1.54) is 0 Å². The molecule has 2 heterocycles. The highest BCUT2D eigenvalue weighted by Crippen LogP contribution is 2.45. The molecule has 104 valence electrons. The fourth-order valence-electron chi connectivity index (χ4n) is 3.34. The van der Waals surface area contributed by atoms with Gasteiger partial charge in [0, 0.05) is 30.6 Å². The maximum absolute atomic E-state index is 12.7. The third-order valence-electron chi connectivity index (χ3n) is 4.47. The first-order chi connectivity index (χ1) is 9.79. The number of hydrogen-bond donors (Lipinski definition) is 0. The molecule has 1 aromatic carbocycles. The van der Waals surface area contributed by atoms with Crippen LogP contribution in [0.4, 0.5) is 0 Å². The van der Waals surface area contributed by atoms with Crippen LogP contribution in [0.2, 0.25) is 0 Å². The van der Waals surface area contributed by atoms with Crippen molar-refractivity contribution < 1.29 is 13.9 Å². The minimum absolute atomic E-state index is 0.0262. The summed E-state index contributed by atoms with van der Waals surface area (Å²) in [5, 5.41) is 0.976. The number of para-hydroxylation sites is 1. The zero-order chi connectivity index (χ0) is 13.7. The second-order valence-electron chi connectivity index (χ2n) is 5.69. The van der Waals surface area contributed by atoms with Crippen LogP contribution in [0.5, 0.6) is 0 Å². The van der Waals surface area contributed by atoms with Crippen molar-refractivity contribution in [2.45, 2.75) is 25.5 Å². The summed E-state index contributed by atoms with van der Waals surface area (Å²) in [5.74, 6) is 1.22. The van der Waals surface area contributed by atoms with Crippen molar-refractivity contribution >= 4 is 16.9 Å². The number of fused-ring (bicyclic) bond motifs is 2. The zero-order valence-corrected chi connectivity index (χ0v) is 11.5. The lowest BCUT2D eigenvalue weighted by Gasteiger charge is -2.17. The molecule has 1 aliphatic carbocycles. The van der Waals surface area contributed by atoms with E-state index < -0.39 is 0 Å². The number of carbonyl (C=O) groups excluding carboxylic acids is 1. The lowest BCUT2D eigenvalue weighted by molar-refractivity contribution is 0.0732. The van der Waals surface area contributed by atoms with Crippen molar-refractivity contribution in [3.8, 4) is 0 Å². The zero-order valence-electron chi connectivity index (χ0n) is 11.5. The largest absolute Gasteiger partial charge is 0.451 e. The number of rotatable bonds is 3. The molecule has 1 amide bonds. The minimum atomic E-state index is 0.0262. The number of hydrogen-bond acceptors (Lipinski definition) is 3. The molecule has 2 atom stereocenters. The number of carbonyl (C=O) groups is 1. The van der Waals surface area contributed by atoms with Gasteiger partial charge in [-0.05, 0) is 24.8 Å². The molecule has 4 rings (SSSR count). The predicted octanol–water partition coefficient (Wildman–Crippen LogP) is 2.81. The molecular formula is C16H17NO3. The number of benzene rings is 1. The topological polar surface area (TPSA) is 42.7 Å².